The van der Waals surface area contributed by atoms with Crippen molar-refractivity contribution in [2.45, 2.75) is 69.5 Å². The number of sulfonamides is 1. The first-order valence-corrected chi connectivity index (χ1v) is 18.8. The van der Waals surface area contributed by atoms with Crippen LogP contribution in [0.15, 0.2) is 53.4 Å². The number of nitrogens with one attached hydrogen (secondary N) is 2. The molecular weight excluding hydrogens is 649 g/mol. The highest BCUT2D eigenvalue weighted by Gasteiger charge is 2.44. The number of carbonyl (C=O) groups excluding carboxylic acids is 2. The summed E-state index contributed by atoms with van der Waals surface area (Å²) in [5.74, 6) is -3.41. The normalized spacial score (nSPS) is 19.4. The molecule has 2 fully saturated rings. The molecule has 2 aliphatic rings. The zero-order valence-electron chi connectivity index (χ0n) is 27.1. The molecule has 13 nitrogen and oxygen atoms in total. The number of piperidine rings is 1. The maximum Gasteiger partial charge on any atom is 0.414 e. The predicted molar refractivity (Wildman–Crippen MR) is 176 cm³/mol. The lowest BCUT2D eigenvalue weighted by atomic mass is 9.97. The van der Waals surface area contributed by atoms with Crippen molar-refractivity contribution < 1.29 is 41.1 Å². The third kappa shape index (κ3) is 9.52. The number of nitrogens with zero attached hydrogens (tertiary/aromatic N) is 2. The summed E-state index contributed by atoms with van der Waals surface area (Å²) in [6.45, 7) is 9.09. The molecule has 15 heteroatoms. The summed E-state index contributed by atoms with van der Waals surface area (Å²) >= 11 is 0. The van der Waals surface area contributed by atoms with Crippen LogP contribution in [0.2, 0.25) is 0 Å². The fourth-order valence-corrected chi connectivity index (χ4v) is 8.53. The topological polar surface area (TPSA) is 179 Å². The Morgan fingerprint density at radius 1 is 1.00 bits per heavy atom. The van der Waals surface area contributed by atoms with E-state index in [0.29, 0.717) is 22.1 Å². The Bertz CT molecular complexity index is 1650. The maximum absolute atomic E-state index is 13.9. The number of anilines is 1. The van der Waals surface area contributed by atoms with Crippen LogP contribution in [0, 0.1) is 12.8 Å². The van der Waals surface area contributed by atoms with E-state index >= 15 is 0 Å². The van der Waals surface area contributed by atoms with E-state index < -0.39 is 67.7 Å². The molecule has 258 valence electrons. The lowest BCUT2D eigenvalue weighted by molar-refractivity contribution is -0.146. The highest BCUT2D eigenvalue weighted by molar-refractivity contribution is 7.91. The molecule has 2 saturated heterocycles. The van der Waals surface area contributed by atoms with Crippen LogP contribution in [0.5, 0.6) is 0 Å². The van der Waals surface area contributed by atoms with E-state index in [2.05, 4.69) is 10.6 Å². The molecule has 0 aliphatic carbocycles. The number of ether oxygens (including phenoxy) is 1. The summed E-state index contributed by atoms with van der Waals surface area (Å²) in [6.07, 6.45) is 0.831. The molecule has 1 unspecified atom stereocenters. The Kier molecular flexibility index (Phi) is 11.4. The average Bonchev–Trinajstić information content (AvgIpc) is 2.99. The monoisotopic (exact) mass is 692 g/mol. The van der Waals surface area contributed by atoms with Crippen LogP contribution in [-0.4, -0.2) is 99.6 Å². The first-order valence-electron chi connectivity index (χ1n) is 15.6. The molecule has 2 amide bonds. The molecule has 3 N–H and O–H groups in total. The second-order valence-corrected chi connectivity index (χ2v) is 17.1. The van der Waals surface area contributed by atoms with Gasteiger partial charge in [0, 0.05) is 25.2 Å². The molecule has 47 heavy (non-hydrogen) atoms. The Balaban J connectivity index is 1.67. The van der Waals surface area contributed by atoms with Crippen molar-refractivity contribution >= 4 is 43.5 Å². The van der Waals surface area contributed by atoms with Crippen LogP contribution in [0.25, 0.3) is 0 Å². The van der Waals surface area contributed by atoms with Crippen LogP contribution in [-0.2, 0) is 40.6 Å². The number of aryl methyl sites for hydroxylation is 1. The molecule has 0 aromatic heterocycles. The van der Waals surface area contributed by atoms with Crippen molar-refractivity contribution in [2.24, 2.45) is 5.92 Å². The smallest absolute Gasteiger partial charge is 0.414 e. The van der Waals surface area contributed by atoms with Gasteiger partial charge in [-0.3, -0.25) is 9.69 Å². The summed E-state index contributed by atoms with van der Waals surface area (Å²) in [6, 6.07) is 8.67. The molecule has 0 radical (unpaired) electrons. The maximum atomic E-state index is 13.9. The van der Waals surface area contributed by atoms with Gasteiger partial charge in [0.1, 0.15) is 17.7 Å². The van der Waals surface area contributed by atoms with Gasteiger partial charge in [0.2, 0.25) is 0 Å². The molecule has 2 aromatic rings. The van der Waals surface area contributed by atoms with Crippen molar-refractivity contribution in [1.82, 2.24) is 14.9 Å². The van der Waals surface area contributed by atoms with Crippen LogP contribution in [0.4, 0.5) is 10.5 Å². The molecule has 2 heterocycles. The number of rotatable bonds is 10. The van der Waals surface area contributed by atoms with Crippen molar-refractivity contribution in [3.63, 3.8) is 0 Å². The van der Waals surface area contributed by atoms with E-state index in [1.807, 2.05) is 0 Å². The molecule has 2 aliphatic heterocycles. The Morgan fingerprint density at radius 2 is 1.62 bits per heavy atom. The van der Waals surface area contributed by atoms with Crippen molar-refractivity contribution in [1.29, 1.82) is 0 Å². The van der Waals surface area contributed by atoms with Crippen LogP contribution in [0.3, 0.4) is 0 Å². The van der Waals surface area contributed by atoms with Gasteiger partial charge in [-0.25, -0.2) is 30.7 Å². The standard InChI is InChI=1S/C32H44N4O9S2/c1-22-5-11-26(12-6-22)47(43,44)36(29(37)27-21-46(41,42)18-17-34-27)28(30(38)39)19-23-7-9-25(10-8-23)35(31(40)45-32(2,3)4)20-24-13-15-33-16-14-24/h5-12,24,27-28,33-34H,13-21H2,1-4H3,(H,38,39)/t27?,28-/m0/s1. The van der Waals surface area contributed by atoms with Gasteiger partial charge in [-0.15, -0.1) is 0 Å². The lowest BCUT2D eigenvalue weighted by Gasteiger charge is -2.33. The second-order valence-electron chi connectivity index (χ2n) is 13.1. The minimum atomic E-state index is -4.74. The highest BCUT2D eigenvalue weighted by atomic mass is 32.2. The average molecular weight is 693 g/mol. The Labute approximate surface area is 276 Å². The number of amides is 2. The summed E-state index contributed by atoms with van der Waals surface area (Å²) in [5.41, 5.74) is 0.916. The fourth-order valence-electron chi connectivity index (χ4n) is 5.59. The summed E-state index contributed by atoms with van der Waals surface area (Å²) < 4.78 is 58.6. The SMILES string of the molecule is Cc1ccc(S(=O)(=O)N(C(=O)C2CS(=O)(=O)CCN2)[C@@H](Cc2ccc(N(CC3CCNCC3)C(=O)OC(C)(C)C)cc2)C(=O)O)cc1. The minimum Gasteiger partial charge on any atom is -0.480 e. The number of aliphatic carboxylic acids is 1. The molecule has 0 bridgehead atoms. The summed E-state index contributed by atoms with van der Waals surface area (Å²) in [5, 5.41) is 16.4. The van der Waals surface area contributed by atoms with Crippen LogP contribution in [0.1, 0.15) is 44.7 Å². The molecule has 2 atom stereocenters. The quantitative estimate of drug-likeness (QED) is 0.333. The lowest BCUT2D eigenvalue weighted by Crippen LogP contribution is -2.59. The number of carbonyl (C=O) groups is 3. The van der Waals surface area contributed by atoms with Gasteiger partial charge in [-0.1, -0.05) is 29.8 Å². The second kappa shape index (κ2) is 14.7. The molecule has 2 aromatic carbocycles. The van der Waals surface area contributed by atoms with Crippen molar-refractivity contribution in [2.75, 3.05) is 42.6 Å². The van der Waals surface area contributed by atoms with E-state index in [1.54, 1.807) is 56.9 Å². The van der Waals surface area contributed by atoms with Crippen LogP contribution < -0.4 is 15.5 Å². The Hall–Kier alpha value is -3.53. The number of benzene rings is 2. The van der Waals surface area contributed by atoms with E-state index in [-0.39, 0.29) is 23.1 Å². The first kappa shape index (κ1) is 36.3. The van der Waals surface area contributed by atoms with E-state index in [1.165, 1.54) is 24.3 Å². The highest BCUT2D eigenvalue weighted by Crippen LogP contribution is 2.27. The molecule has 0 spiro atoms. The van der Waals surface area contributed by atoms with E-state index in [4.69, 9.17) is 4.74 Å². The Morgan fingerprint density at radius 3 is 2.17 bits per heavy atom. The van der Waals surface area contributed by atoms with Gasteiger partial charge < -0.3 is 20.5 Å². The van der Waals surface area contributed by atoms with Gasteiger partial charge in [0.05, 0.1) is 16.4 Å². The number of sulfone groups is 1. The predicted octanol–water partition coefficient (Wildman–Crippen LogP) is 2.34. The van der Waals surface area contributed by atoms with E-state index in [9.17, 15) is 36.3 Å². The fraction of sp³-hybridized carbons (Fsp3) is 0.531. The zero-order chi connectivity index (χ0) is 34.6. The number of hydrogen-bond donors (Lipinski definition) is 3. The van der Waals surface area contributed by atoms with Gasteiger partial charge in [0.25, 0.3) is 15.9 Å². The largest absolute Gasteiger partial charge is 0.480 e. The molecule has 4 rings (SSSR count). The van der Waals surface area contributed by atoms with Crippen molar-refractivity contribution in [3.05, 3.63) is 59.7 Å². The van der Waals surface area contributed by atoms with E-state index in [0.717, 1.165) is 31.5 Å². The summed E-state index contributed by atoms with van der Waals surface area (Å²) in [7, 11) is -8.41. The van der Waals surface area contributed by atoms with Gasteiger partial charge in [-0.05, 0) is 89.4 Å². The molecule has 0 saturated carbocycles. The molecular formula is C32H44N4O9S2. The number of carboxylic acid groups (broad SMARTS) is 1. The number of hydrogen-bond acceptors (Lipinski definition) is 10. The first-order chi connectivity index (χ1) is 22.0. The zero-order valence-corrected chi connectivity index (χ0v) is 28.8. The van der Waals surface area contributed by atoms with Crippen LogP contribution >= 0.6 is 0 Å². The third-order valence-corrected chi connectivity index (χ3v) is 11.6. The van der Waals surface area contributed by atoms with Gasteiger partial charge >= 0.3 is 12.1 Å². The van der Waals surface area contributed by atoms with Crippen molar-refractivity contribution in [3.8, 4) is 0 Å². The number of carboxylic acids is 1. The van der Waals surface area contributed by atoms with Gasteiger partial charge in [-0.2, -0.15) is 0 Å². The summed E-state index contributed by atoms with van der Waals surface area (Å²) in [4.78, 5) is 41.1. The minimum absolute atomic E-state index is 0.0815. The third-order valence-electron chi connectivity index (χ3n) is 8.08. The van der Waals surface area contributed by atoms with Gasteiger partial charge in [0.15, 0.2) is 9.84 Å².